The minimum absolute atomic E-state index is 0.0705. The molecular weight excluding hydrogens is 735 g/mol. The monoisotopic (exact) mass is 777 g/mol. The summed E-state index contributed by atoms with van der Waals surface area (Å²) in [6.45, 7) is 0. The number of anilines is 3. The second kappa shape index (κ2) is 12.3. The Morgan fingerprint density at radius 3 is 1.50 bits per heavy atom. The van der Waals surface area contributed by atoms with Gasteiger partial charge in [-0.25, -0.2) is 0 Å². The van der Waals surface area contributed by atoms with Crippen molar-refractivity contribution in [3.63, 3.8) is 0 Å². The molecule has 2 heteroatoms. The first-order valence-electron chi connectivity index (χ1n) is 20.4. The predicted molar refractivity (Wildman–Crippen MR) is 237 cm³/mol. The molecule has 4 aliphatic rings. The number of fused-ring (bicyclic) bond motifs is 15. The summed E-state index contributed by atoms with van der Waals surface area (Å²) < 4.78 is 6.22. The summed E-state index contributed by atoms with van der Waals surface area (Å²) in [4.78, 5) is 2.59. The molecule has 8 aromatic carbocycles. The van der Waals surface area contributed by atoms with Gasteiger partial charge in [0.25, 0.3) is 0 Å². The Morgan fingerprint density at radius 2 is 0.839 bits per heavy atom. The predicted octanol–water partition coefficient (Wildman–Crippen LogP) is 11.4. The number of benzene rings is 8. The molecule has 0 aromatic heterocycles. The average molecular weight is 777 g/mol. The van der Waals surface area contributed by atoms with Crippen molar-refractivity contribution in [2.75, 3.05) is 4.90 Å². The Hall–Kier alpha value is -5.90. The molecule has 0 bridgehead atoms. The van der Waals surface area contributed by atoms with Gasteiger partial charge < -0.3 is 0 Å². The summed E-state index contributed by atoms with van der Waals surface area (Å²) >= 11 is -3.40. The zero-order chi connectivity index (χ0) is 36.8. The molecule has 2 aliphatic heterocycles. The third-order valence-electron chi connectivity index (χ3n) is 13.7. The van der Waals surface area contributed by atoms with Gasteiger partial charge in [0.05, 0.1) is 0 Å². The molecule has 0 radical (unpaired) electrons. The Balaban J connectivity index is 1.13. The van der Waals surface area contributed by atoms with Crippen molar-refractivity contribution >= 4 is 47.9 Å². The standard InChI is InChI=1S/C54H41GeN/c1-3-17-37(18-4-1)40-19-9-14-28-53(40)56(38-29-31-42-41-20-5-10-24-47(41)54(48(42)35-38)33-15-2-16-34-54)39-30-32-46-45-23-8-13-27-51(45)55(52(46)36-39)49-25-11-6-21-43(49)44-22-7-12-26-50(44)55/h1,3-14,17-32,35-36H,2,15-16,33-34H2. The fraction of sp³-hybridized carbons (Fsp3) is 0.111. The van der Waals surface area contributed by atoms with Crippen molar-refractivity contribution in [3.8, 4) is 44.5 Å². The van der Waals surface area contributed by atoms with E-state index in [0.29, 0.717) is 0 Å². The molecule has 0 unspecified atom stereocenters. The Labute approximate surface area is 332 Å². The van der Waals surface area contributed by atoms with Gasteiger partial charge in [0, 0.05) is 0 Å². The molecule has 1 fully saturated rings. The molecule has 0 N–H and O–H groups in total. The van der Waals surface area contributed by atoms with Crippen molar-refractivity contribution in [1.82, 2.24) is 0 Å². The molecule has 2 heterocycles. The van der Waals surface area contributed by atoms with Crippen LogP contribution in [0, 0.1) is 0 Å². The van der Waals surface area contributed by atoms with Crippen LogP contribution in [0.1, 0.15) is 43.2 Å². The van der Waals surface area contributed by atoms with Crippen LogP contribution >= 0.6 is 0 Å². The van der Waals surface area contributed by atoms with E-state index in [1.54, 1.807) is 17.6 Å². The van der Waals surface area contributed by atoms with E-state index in [1.165, 1.54) is 105 Å². The summed E-state index contributed by atoms with van der Waals surface area (Å²) in [5.74, 6) is 0. The van der Waals surface area contributed by atoms with Gasteiger partial charge in [-0.2, -0.15) is 0 Å². The fourth-order valence-electron chi connectivity index (χ4n) is 11.5. The van der Waals surface area contributed by atoms with E-state index in [0.717, 1.165) is 0 Å². The third-order valence-corrected chi connectivity index (χ3v) is 24.1. The van der Waals surface area contributed by atoms with Crippen LogP contribution in [-0.4, -0.2) is 13.3 Å². The first-order valence-corrected chi connectivity index (χ1v) is 24.6. The van der Waals surface area contributed by atoms with E-state index in [1.807, 2.05) is 0 Å². The van der Waals surface area contributed by atoms with Crippen LogP contribution in [0.15, 0.2) is 188 Å². The summed E-state index contributed by atoms with van der Waals surface area (Å²) in [7, 11) is 0. The molecule has 0 atom stereocenters. The van der Waals surface area contributed by atoms with E-state index in [2.05, 4.69) is 193 Å². The number of rotatable bonds is 4. The molecule has 8 aromatic rings. The zero-order valence-electron chi connectivity index (χ0n) is 31.4. The summed E-state index contributed by atoms with van der Waals surface area (Å²) in [6, 6.07) is 72.1. The topological polar surface area (TPSA) is 3.24 Å². The van der Waals surface area contributed by atoms with Crippen molar-refractivity contribution in [2.45, 2.75) is 37.5 Å². The molecular formula is C54H41GeN. The molecule has 0 amide bonds. The number of hydrogen-bond donors (Lipinski definition) is 0. The van der Waals surface area contributed by atoms with Gasteiger partial charge in [-0.05, 0) is 0 Å². The Bertz CT molecular complexity index is 2800. The summed E-state index contributed by atoms with van der Waals surface area (Å²) in [5.41, 5.74) is 17.7. The van der Waals surface area contributed by atoms with Crippen molar-refractivity contribution in [3.05, 3.63) is 199 Å². The van der Waals surface area contributed by atoms with Crippen LogP contribution in [0.4, 0.5) is 17.1 Å². The van der Waals surface area contributed by atoms with Gasteiger partial charge in [-0.3, -0.25) is 0 Å². The average Bonchev–Trinajstić information content (AvgIpc) is 3.84. The number of nitrogens with zero attached hydrogens (tertiary/aromatic N) is 1. The first-order chi connectivity index (χ1) is 27.8. The van der Waals surface area contributed by atoms with Crippen LogP contribution < -0.4 is 22.5 Å². The molecule has 1 nitrogen and oxygen atoms in total. The number of para-hydroxylation sites is 1. The van der Waals surface area contributed by atoms with Crippen molar-refractivity contribution in [1.29, 1.82) is 0 Å². The van der Waals surface area contributed by atoms with E-state index in [4.69, 9.17) is 0 Å². The fourth-order valence-corrected chi connectivity index (χ4v) is 23.3. The molecule has 12 rings (SSSR count). The van der Waals surface area contributed by atoms with Crippen LogP contribution in [0.2, 0.25) is 0 Å². The molecule has 2 spiro atoms. The van der Waals surface area contributed by atoms with Gasteiger partial charge >= 0.3 is 334 Å². The first kappa shape index (κ1) is 32.4. The summed E-state index contributed by atoms with van der Waals surface area (Å²) in [5, 5.41) is 0. The molecule has 1 saturated carbocycles. The van der Waals surface area contributed by atoms with Gasteiger partial charge in [0.15, 0.2) is 0 Å². The summed E-state index contributed by atoms with van der Waals surface area (Å²) in [6.07, 6.45) is 6.31. The molecule has 266 valence electrons. The van der Waals surface area contributed by atoms with Crippen molar-refractivity contribution < 1.29 is 0 Å². The van der Waals surface area contributed by atoms with Gasteiger partial charge in [0.2, 0.25) is 0 Å². The molecule has 56 heavy (non-hydrogen) atoms. The Kier molecular flexibility index (Phi) is 7.11. The van der Waals surface area contributed by atoms with Crippen LogP contribution in [0.3, 0.4) is 0 Å². The normalized spacial score (nSPS) is 15.8. The maximum atomic E-state index is 2.62. The quantitative estimate of drug-likeness (QED) is 0.161. The maximum absolute atomic E-state index is 3.40. The van der Waals surface area contributed by atoms with Gasteiger partial charge in [-0.1, -0.05) is 0 Å². The second-order valence-electron chi connectivity index (χ2n) is 16.3. The van der Waals surface area contributed by atoms with E-state index in [-0.39, 0.29) is 5.41 Å². The SMILES string of the molecule is c1ccc(-c2ccccc2N(c2ccc3c(c2)C2(CCCCC2)c2ccccc2-3)c2ccc3[c](c2)[Ge]2([c]4ccccc4-c4cccc[c]42)[c]2ccccc2-3)cc1. The molecule has 0 saturated heterocycles. The van der Waals surface area contributed by atoms with Crippen LogP contribution in [0.5, 0.6) is 0 Å². The van der Waals surface area contributed by atoms with E-state index in [9.17, 15) is 0 Å². The zero-order valence-corrected chi connectivity index (χ0v) is 33.5. The minimum atomic E-state index is -3.40. The molecule has 2 aliphatic carbocycles. The Morgan fingerprint density at radius 1 is 0.357 bits per heavy atom. The second-order valence-corrected chi connectivity index (χ2v) is 23.9. The van der Waals surface area contributed by atoms with Crippen LogP contribution in [-0.2, 0) is 5.41 Å². The van der Waals surface area contributed by atoms with Gasteiger partial charge in [-0.15, -0.1) is 0 Å². The number of hydrogen-bond acceptors (Lipinski definition) is 1. The van der Waals surface area contributed by atoms with E-state index < -0.39 is 13.3 Å². The third kappa shape index (κ3) is 4.32. The van der Waals surface area contributed by atoms with Crippen LogP contribution in [0.25, 0.3) is 44.5 Å². The van der Waals surface area contributed by atoms with Gasteiger partial charge in [0.1, 0.15) is 0 Å². The van der Waals surface area contributed by atoms with E-state index >= 15 is 0 Å². The van der Waals surface area contributed by atoms with Crippen molar-refractivity contribution in [2.24, 2.45) is 0 Å².